The molecule has 1 aromatic carbocycles. The third-order valence-electron chi connectivity index (χ3n) is 1.67. The van der Waals surface area contributed by atoms with E-state index >= 15 is 0 Å². The van der Waals surface area contributed by atoms with Crippen LogP contribution < -0.4 is 0 Å². The number of carbonyl (C=O) groups is 1. The summed E-state index contributed by atoms with van der Waals surface area (Å²) >= 11 is 0. The number of hydrogen-bond donors (Lipinski definition) is 1. The molecule has 0 aliphatic carbocycles. The van der Waals surface area contributed by atoms with E-state index in [1.165, 1.54) is 12.3 Å². The highest BCUT2D eigenvalue weighted by atomic mass is 16.1. The van der Waals surface area contributed by atoms with Crippen molar-refractivity contribution in [3.63, 3.8) is 0 Å². The van der Waals surface area contributed by atoms with E-state index in [1.54, 1.807) is 0 Å². The van der Waals surface area contributed by atoms with E-state index in [1.807, 2.05) is 30.5 Å². The fraction of sp³-hybridized carbons (Fsp3) is 0.0909. The number of amides is 1. The molecule has 76 valence electrons. The van der Waals surface area contributed by atoms with Crippen molar-refractivity contribution in [3.8, 4) is 0 Å². The van der Waals surface area contributed by atoms with E-state index in [0.29, 0.717) is 0 Å². The number of aromatic nitrogens is 1. The zero-order chi connectivity index (χ0) is 11.1. The summed E-state index contributed by atoms with van der Waals surface area (Å²) in [5.74, 6) is -0.454. The van der Waals surface area contributed by atoms with Gasteiger partial charge >= 0.3 is 0 Å². The molecule has 2 aromatic rings. The molecule has 0 saturated carbocycles. The lowest BCUT2D eigenvalue weighted by Gasteiger charge is -1.91. The lowest BCUT2D eigenvalue weighted by Crippen LogP contribution is -1.73. The predicted molar refractivity (Wildman–Crippen MR) is 57.6 cm³/mol. The first-order valence-electron chi connectivity index (χ1n) is 4.42. The van der Waals surface area contributed by atoms with Crippen LogP contribution in [0.4, 0.5) is 0 Å². The number of hydrogen-bond acceptors (Lipinski definition) is 3. The van der Waals surface area contributed by atoms with Gasteiger partial charge in [0.05, 0.1) is 5.52 Å². The first-order chi connectivity index (χ1) is 7.24. The van der Waals surface area contributed by atoms with Crippen LogP contribution in [-0.2, 0) is 4.79 Å². The van der Waals surface area contributed by atoms with Crippen LogP contribution in [0.2, 0.25) is 0 Å². The molecule has 0 bridgehead atoms. The molecule has 0 fully saturated rings. The van der Waals surface area contributed by atoms with Crippen molar-refractivity contribution in [2.75, 3.05) is 0 Å². The van der Waals surface area contributed by atoms with Crippen molar-refractivity contribution >= 4 is 16.8 Å². The van der Waals surface area contributed by atoms with Crippen molar-refractivity contribution in [2.24, 2.45) is 5.11 Å². The third-order valence-corrected chi connectivity index (χ3v) is 1.67. The molecule has 0 aliphatic rings. The number of rotatable bonds is 0. The summed E-state index contributed by atoms with van der Waals surface area (Å²) in [6.07, 6.45) is 1.81. The Hall–Kier alpha value is -2.10. The van der Waals surface area contributed by atoms with E-state index in [4.69, 9.17) is 5.53 Å². The highest BCUT2D eigenvalue weighted by molar-refractivity contribution is 5.77. The summed E-state index contributed by atoms with van der Waals surface area (Å²) in [5.41, 5.74) is 6.99. The molecule has 1 heterocycles. The highest BCUT2D eigenvalue weighted by Gasteiger charge is 1.86. The molecule has 4 nitrogen and oxygen atoms in total. The van der Waals surface area contributed by atoms with E-state index in [9.17, 15) is 4.79 Å². The highest BCUT2D eigenvalue weighted by Crippen LogP contribution is 2.07. The average molecular weight is 201 g/mol. The van der Waals surface area contributed by atoms with Crippen molar-refractivity contribution in [1.82, 2.24) is 4.98 Å². The molecule has 0 spiro atoms. The maximum absolute atomic E-state index is 9.46. The second-order valence-electron chi connectivity index (χ2n) is 2.83. The van der Waals surface area contributed by atoms with Gasteiger partial charge < -0.3 is 0 Å². The van der Waals surface area contributed by atoms with Crippen LogP contribution in [0.5, 0.6) is 0 Å². The van der Waals surface area contributed by atoms with Crippen molar-refractivity contribution in [3.05, 3.63) is 42.6 Å². The van der Waals surface area contributed by atoms with Crippen LogP contribution in [0.1, 0.15) is 6.92 Å². The minimum Gasteiger partial charge on any atom is -0.271 e. The number of nitrogens with one attached hydrogen (secondary N) is 1. The molecule has 1 aromatic heterocycles. The van der Waals surface area contributed by atoms with Crippen LogP contribution in [0.3, 0.4) is 0 Å². The second kappa shape index (κ2) is 5.59. The number of carbonyl (C=O) groups excluding carboxylic acids is 1. The third kappa shape index (κ3) is 3.64. The summed E-state index contributed by atoms with van der Waals surface area (Å²) < 4.78 is 0. The van der Waals surface area contributed by atoms with Gasteiger partial charge in [-0.25, -0.2) is 5.53 Å². The Bertz CT molecular complexity index is 403. The van der Waals surface area contributed by atoms with Crippen LogP contribution in [-0.4, -0.2) is 10.9 Å². The zero-order valence-corrected chi connectivity index (χ0v) is 8.34. The standard InChI is InChI=1S/C9H7N.C2H4N2O/c1-2-6-9-8(4-1)5-3-7-10-9;1-2(5)4-3/h1-7H;3H,1H3. The monoisotopic (exact) mass is 201 g/mol. The largest absolute Gasteiger partial charge is 0.271 e. The van der Waals surface area contributed by atoms with Gasteiger partial charge in [0.15, 0.2) is 0 Å². The number of pyridine rings is 1. The Labute approximate surface area is 87.5 Å². The molecule has 0 saturated heterocycles. The quantitative estimate of drug-likeness (QED) is 0.666. The molecule has 1 N–H and O–H groups in total. The van der Waals surface area contributed by atoms with E-state index < -0.39 is 5.91 Å². The smallest absolute Gasteiger partial charge is 0.260 e. The van der Waals surface area contributed by atoms with Gasteiger partial charge in [0.2, 0.25) is 0 Å². The van der Waals surface area contributed by atoms with Gasteiger partial charge in [-0.3, -0.25) is 9.78 Å². The van der Waals surface area contributed by atoms with E-state index in [-0.39, 0.29) is 0 Å². The molecule has 2 rings (SSSR count). The second-order valence-corrected chi connectivity index (χ2v) is 2.83. The van der Waals surface area contributed by atoms with Gasteiger partial charge in [0.1, 0.15) is 0 Å². The van der Waals surface area contributed by atoms with Crippen LogP contribution >= 0.6 is 0 Å². The maximum atomic E-state index is 9.46. The summed E-state index contributed by atoms with van der Waals surface area (Å²) in [7, 11) is 0. The van der Waals surface area contributed by atoms with Gasteiger partial charge in [0, 0.05) is 18.5 Å². The minimum atomic E-state index is -0.454. The van der Waals surface area contributed by atoms with Crippen LogP contribution in [0.15, 0.2) is 47.7 Å². The molecule has 0 radical (unpaired) electrons. The van der Waals surface area contributed by atoms with Gasteiger partial charge in [-0.1, -0.05) is 24.3 Å². The molecule has 1 amide bonds. The van der Waals surface area contributed by atoms with Crippen LogP contribution in [0.25, 0.3) is 10.9 Å². The maximum Gasteiger partial charge on any atom is 0.260 e. The molecule has 4 heteroatoms. The van der Waals surface area contributed by atoms with Crippen molar-refractivity contribution in [2.45, 2.75) is 6.92 Å². The summed E-state index contributed by atoms with van der Waals surface area (Å²) in [4.78, 5) is 13.6. The Morgan fingerprint density at radius 3 is 2.47 bits per heavy atom. The van der Waals surface area contributed by atoms with Crippen molar-refractivity contribution < 1.29 is 4.79 Å². The fourth-order valence-electron chi connectivity index (χ4n) is 1.02. The van der Waals surface area contributed by atoms with Gasteiger partial charge in [-0.2, -0.15) is 0 Å². The number of fused-ring (bicyclic) bond motifs is 1. The minimum absolute atomic E-state index is 0.454. The molecule has 0 aliphatic heterocycles. The Morgan fingerprint density at radius 2 is 1.87 bits per heavy atom. The van der Waals surface area contributed by atoms with Crippen LogP contribution in [0, 0.1) is 5.53 Å². The predicted octanol–water partition coefficient (Wildman–Crippen LogP) is 2.80. The van der Waals surface area contributed by atoms with E-state index in [2.05, 4.69) is 22.2 Å². The number of nitrogens with zero attached hydrogens (tertiary/aromatic N) is 2. The summed E-state index contributed by atoms with van der Waals surface area (Å²) in [5, 5.41) is 3.70. The first kappa shape index (κ1) is 11.0. The zero-order valence-electron chi connectivity index (χ0n) is 8.34. The normalized spacial score (nSPS) is 8.87. The van der Waals surface area contributed by atoms with Gasteiger partial charge in [-0.15, -0.1) is 5.11 Å². The van der Waals surface area contributed by atoms with Gasteiger partial charge in [0.25, 0.3) is 5.91 Å². The summed E-state index contributed by atoms with van der Waals surface area (Å²) in [6.45, 7) is 1.23. The fourth-order valence-corrected chi connectivity index (χ4v) is 1.02. The molecule has 0 unspecified atom stereocenters. The van der Waals surface area contributed by atoms with E-state index in [0.717, 1.165) is 5.52 Å². The average Bonchev–Trinajstić information content (AvgIpc) is 2.30. The number of para-hydroxylation sites is 1. The molecule has 15 heavy (non-hydrogen) atoms. The van der Waals surface area contributed by atoms with Gasteiger partial charge in [-0.05, 0) is 12.1 Å². The SMILES string of the molecule is CC(=O)N=N.c1ccc2ncccc2c1. The Balaban J connectivity index is 0.000000195. The topological polar surface area (TPSA) is 66.2 Å². The lowest BCUT2D eigenvalue weighted by atomic mass is 10.2. The Kier molecular flexibility index (Phi) is 4.09. The first-order valence-corrected chi connectivity index (χ1v) is 4.42. The molecular formula is C11H11N3O. The number of benzene rings is 1. The molecular weight excluding hydrogens is 190 g/mol. The lowest BCUT2D eigenvalue weighted by molar-refractivity contribution is -0.116. The molecule has 0 atom stereocenters. The van der Waals surface area contributed by atoms with Crippen molar-refractivity contribution in [1.29, 1.82) is 5.53 Å². The summed E-state index contributed by atoms with van der Waals surface area (Å²) in [6, 6.07) is 12.1. The Morgan fingerprint density at radius 1 is 1.27 bits per heavy atom.